The molecule has 2 aliphatic rings. The summed E-state index contributed by atoms with van der Waals surface area (Å²) in [7, 11) is 0. The van der Waals surface area contributed by atoms with Crippen molar-refractivity contribution in [3.8, 4) is 133 Å². The van der Waals surface area contributed by atoms with Gasteiger partial charge >= 0.3 is 11.9 Å². The number of ether oxygens (including phenoxy) is 7. The number of aryl methyl sites for hydroxylation is 2. The monoisotopic (exact) mass is 1870 g/mol. The van der Waals surface area contributed by atoms with Crippen molar-refractivity contribution in [1.82, 2.24) is 30.6 Å². The predicted molar refractivity (Wildman–Crippen MR) is 555 cm³/mol. The summed E-state index contributed by atoms with van der Waals surface area (Å²) in [6, 6.07) is 55.1. The van der Waals surface area contributed by atoms with Gasteiger partial charge in [0.2, 0.25) is 35.3 Å². The molecule has 8 aromatic carbocycles. The fraction of sp³-hybridized carbons (Fsp3) is 0.500. The average molecular weight is 1870 g/mol. The van der Waals surface area contributed by atoms with Crippen LogP contribution in [-0.4, -0.2) is 75.6 Å². The van der Waals surface area contributed by atoms with Crippen LogP contribution in [0.4, 0.5) is 0 Å². The SMILES string of the molecule is CCCCCCCCOc1ccc(C(=O)Oc2ccc(CCC3CCC(CCCCC)CC3)cc2C#CC#Cc2cc(CCC3CCC(CCCCC)CC3)ccc2OC(=O)c2ccc(OCCCCCCCC)cc2)cc1.CCCCCCOc1ccc(-c2nnc(-c3cc(-c4nnc(-c5ccc(OCCCCCC)cc5)o4)cc(-c4nnc(-c5ccc(OCCCCCC)cc5)o4)c3)o2)cc1. The van der Waals surface area contributed by atoms with Gasteiger partial charge in [0.05, 0.1) is 55.3 Å². The largest absolute Gasteiger partial charge is 0.494 e. The first kappa shape index (κ1) is 105. The zero-order chi connectivity index (χ0) is 96.2. The number of rotatable bonds is 58. The Kier molecular flexibility index (Phi) is 45.8. The molecule has 0 unspecified atom stereocenters. The van der Waals surface area contributed by atoms with Gasteiger partial charge in [-0.15, -0.1) is 30.6 Å². The highest BCUT2D eigenvalue weighted by atomic mass is 16.5. The number of unbranched alkanes of at least 4 members (excludes halogenated alkanes) is 23. The van der Waals surface area contributed by atoms with E-state index in [0.29, 0.717) is 119 Å². The van der Waals surface area contributed by atoms with Gasteiger partial charge in [-0.05, 0) is 280 Å². The van der Waals surface area contributed by atoms with Crippen LogP contribution in [0.25, 0.3) is 68.7 Å². The molecular formula is C120H152N6O12. The number of hydrogen-bond acceptors (Lipinski definition) is 18. The number of hydrogen-bond donors (Lipinski definition) is 0. The zero-order valence-corrected chi connectivity index (χ0v) is 83.8. The minimum Gasteiger partial charge on any atom is -0.494 e. The molecule has 0 radical (unpaired) electrons. The molecule has 18 heteroatoms. The molecule has 0 saturated heterocycles. The zero-order valence-electron chi connectivity index (χ0n) is 83.8. The van der Waals surface area contributed by atoms with E-state index in [1.165, 1.54) is 204 Å². The van der Waals surface area contributed by atoms with Crippen molar-refractivity contribution < 1.29 is 56.0 Å². The number of aromatic nitrogens is 6. The van der Waals surface area contributed by atoms with Crippen LogP contribution in [0.15, 0.2) is 189 Å². The molecule has 3 heterocycles. The Labute approximate surface area is 823 Å². The number of esters is 2. The highest BCUT2D eigenvalue weighted by molar-refractivity contribution is 5.92. The Bertz CT molecular complexity index is 5020. The van der Waals surface area contributed by atoms with E-state index in [0.717, 1.165) is 159 Å². The Morgan fingerprint density at radius 2 is 0.507 bits per heavy atom. The van der Waals surface area contributed by atoms with Gasteiger partial charge in [-0.1, -0.05) is 285 Å². The predicted octanol–water partition coefficient (Wildman–Crippen LogP) is 32.4. The number of carbonyl (C=O) groups is 2. The highest BCUT2D eigenvalue weighted by Gasteiger charge is 2.26. The summed E-state index contributed by atoms with van der Waals surface area (Å²) >= 11 is 0. The molecule has 0 aliphatic heterocycles. The van der Waals surface area contributed by atoms with Crippen LogP contribution >= 0.6 is 0 Å². The summed E-state index contributed by atoms with van der Waals surface area (Å²) in [6.07, 6.45) is 53.7. The van der Waals surface area contributed by atoms with Crippen LogP contribution in [0.3, 0.4) is 0 Å². The Morgan fingerprint density at radius 1 is 0.268 bits per heavy atom. The lowest BCUT2D eigenvalue weighted by Gasteiger charge is -2.28. The molecule has 2 aliphatic carbocycles. The number of carbonyl (C=O) groups excluding carboxylic acids is 2. The van der Waals surface area contributed by atoms with E-state index in [-0.39, 0.29) is 0 Å². The molecular weight excluding hydrogens is 1720 g/mol. The van der Waals surface area contributed by atoms with Gasteiger partial charge in [-0.25, -0.2) is 9.59 Å². The maximum atomic E-state index is 13.7. The Morgan fingerprint density at radius 3 is 0.790 bits per heavy atom. The second-order valence-electron chi connectivity index (χ2n) is 37.9. The van der Waals surface area contributed by atoms with E-state index in [2.05, 4.69) is 127 Å². The molecule has 138 heavy (non-hydrogen) atoms. The van der Waals surface area contributed by atoms with Gasteiger partial charge in [0, 0.05) is 33.4 Å². The van der Waals surface area contributed by atoms with Gasteiger partial charge in [0.25, 0.3) is 0 Å². The van der Waals surface area contributed by atoms with E-state index in [1.807, 2.05) is 127 Å². The lowest BCUT2D eigenvalue weighted by molar-refractivity contribution is 0.0724. The third-order valence-electron chi connectivity index (χ3n) is 26.8. The van der Waals surface area contributed by atoms with Gasteiger partial charge in [-0.3, -0.25) is 0 Å². The molecule has 0 amide bonds. The van der Waals surface area contributed by atoms with Crippen molar-refractivity contribution in [2.24, 2.45) is 23.7 Å². The van der Waals surface area contributed by atoms with Crippen molar-refractivity contribution in [3.63, 3.8) is 0 Å². The van der Waals surface area contributed by atoms with Gasteiger partial charge < -0.3 is 46.4 Å². The maximum Gasteiger partial charge on any atom is 0.343 e. The summed E-state index contributed by atoms with van der Waals surface area (Å²) in [6.45, 7) is 19.0. The third-order valence-corrected chi connectivity index (χ3v) is 26.8. The molecule has 3 aromatic heterocycles. The van der Waals surface area contributed by atoms with Crippen LogP contribution < -0.4 is 33.2 Å². The molecule has 18 nitrogen and oxygen atoms in total. The summed E-state index contributed by atoms with van der Waals surface area (Å²) in [5.74, 6) is 21.8. The lowest BCUT2D eigenvalue weighted by Crippen LogP contribution is -2.15. The first-order valence-electron chi connectivity index (χ1n) is 53.0. The van der Waals surface area contributed by atoms with Gasteiger partial charge in [0.15, 0.2) is 0 Å². The topological polar surface area (TPSA) is 216 Å². The van der Waals surface area contributed by atoms with E-state index in [1.54, 1.807) is 24.3 Å². The van der Waals surface area contributed by atoms with E-state index in [9.17, 15) is 9.59 Å². The average Bonchev–Trinajstić information content (AvgIpc) is 1.64. The second-order valence-corrected chi connectivity index (χ2v) is 37.9. The fourth-order valence-electron chi connectivity index (χ4n) is 18.2. The molecule has 2 saturated carbocycles. The Balaban J connectivity index is 0.000000256. The maximum absolute atomic E-state index is 13.7. The molecule has 0 atom stereocenters. The summed E-state index contributed by atoms with van der Waals surface area (Å²) < 4.78 is 60.8. The lowest BCUT2D eigenvalue weighted by atomic mass is 9.77. The summed E-state index contributed by atoms with van der Waals surface area (Å²) in [5, 5.41) is 26.4. The van der Waals surface area contributed by atoms with Crippen LogP contribution in [0.1, 0.15) is 361 Å². The number of benzene rings is 8. The van der Waals surface area contributed by atoms with E-state index in [4.69, 9.17) is 46.4 Å². The van der Waals surface area contributed by atoms with Crippen molar-refractivity contribution in [2.45, 2.75) is 331 Å². The fourth-order valence-corrected chi connectivity index (χ4v) is 18.2. The molecule has 0 N–H and O–H groups in total. The molecule has 13 rings (SSSR count). The van der Waals surface area contributed by atoms with Crippen molar-refractivity contribution in [3.05, 3.63) is 209 Å². The Hall–Kier alpha value is -11.8. The molecule has 0 bridgehead atoms. The standard InChI is InChI=1S/C72H98O6.C48H54N6O6/c1-5-9-13-15-17-23-53-75-67-47-43-63(44-48-67)71(73)77-69-51-41-61(39-37-59-33-29-57(30-34-59)25-19-11-7-3)55-65(69)27-21-22-28-66-56-62(40-38-60-35-31-58(32-36-60)26-20-12-8-4)42-52-70(66)78-72(74)64-45-49-68(50-46-64)76-54-24-18-16-14-10-6-2;1-4-7-10-13-28-55-40-22-16-34(17-23-40)43-49-52-46(58-43)37-31-38(47-53-50-44(59-47)35-18-24-41(25-19-35)56-29-14-11-8-5-2)33-39(32-37)48-54-51-45(60-48)36-20-26-42(27-21-36)57-30-15-12-9-6-3/h41-52,55-60H,5-20,23-26,29-40,53-54H2,1-4H3;16-27,31-33H,4-15,28-30H2,1-3H3. The first-order chi connectivity index (χ1) is 67.9. The molecule has 734 valence electrons. The van der Waals surface area contributed by atoms with E-state index >= 15 is 0 Å². The third kappa shape index (κ3) is 35.9. The van der Waals surface area contributed by atoms with Crippen molar-refractivity contribution >= 4 is 11.9 Å². The van der Waals surface area contributed by atoms with Crippen LogP contribution in [0.5, 0.6) is 40.2 Å². The van der Waals surface area contributed by atoms with Crippen LogP contribution in [0.2, 0.25) is 0 Å². The van der Waals surface area contributed by atoms with Crippen LogP contribution in [-0.2, 0) is 12.8 Å². The van der Waals surface area contributed by atoms with Gasteiger partial charge in [-0.2, -0.15) is 0 Å². The molecule has 2 fully saturated rings. The van der Waals surface area contributed by atoms with E-state index < -0.39 is 11.9 Å². The smallest absolute Gasteiger partial charge is 0.343 e. The van der Waals surface area contributed by atoms with Crippen molar-refractivity contribution in [2.75, 3.05) is 33.0 Å². The normalized spacial score (nSPS) is 14.5. The molecule has 11 aromatic rings. The minimum atomic E-state index is -0.450. The second kappa shape index (κ2) is 60.2. The summed E-state index contributed by atoms with van der Waals surface area (Å²) in [4.78, 5) is 27.4. The highest BCUT2D eigenvalue weighted by Crippen LogP contribution is 2.40. The first-order valence-corrected chi connectivity index (χ1v) is 53.0. The van der Waals surface area contributed by atoms with Crippen molar-refractivity contribution in [1.29, 1.82) is 0 Å². The number of nitrogens with zero attached hydrogens (tertiary/aromatic N) is 6. The summed E-state index contributed by atoms with van der Waals surface area (Å²) in [5.41, 5.74) is 8.60. The van der Waals surface area contributed by atoms with Gasteiger partial charge in [0.1, 0.15) is 40.2 Å². The minimum absolute atomic E-state index is 0.291. The molecule has 0 spiro atoms. The quantitative estimate of drug-likeness (QED) is 0.0150. The van der Waals surface area contributed by atoms with Crippen LogP contribution in [0, 0.1) is 47.4 Å².